The van der Waals surface area contributed by atoms with E-state index in [0.717, 1.165) is 9.79 Å². The maximum absolute atomic E-state index is 11.9. The van der Waals surface area contributed by atoms with Gasteiger partial charge in [-0.25, -0.2) is 4.79 Å². The van der Waals surface area contributed by atoms with Gasteiger partial charge < -0.3 is 14.2 Å². The van der Waals surface area contributed by atoms with Crippen molar-refractivity contribution in [2.75, 3.05) is 13.7 Å². The zero-order valence-corrected chi connectivity index (χ0v) is 14.5. The number of methoxy groups -OCH3 is 1. The van der Waals surface area contributed by atoms with Gasteiger partial charge in [-0.15, -0.1) is 0 Å². The Bertz CT molecular complexity index is 712. The number of carbonyl (C=O) groups is 1. The summed E-state index contributed by atoms with van der Waals surface area (Å²) in [6, 6.07) is 13.7. The fourth-order valence-corrected chi connectivity index (χ4v) is 3.71. The van der Waals surface area contributed by atoms with E-state index in [-0.39, 0.29) is 17.9 Å². The van der Waals surface area contributed by atoms with Gasteiger partial charge in [0.25, 0.3) is 0 Å². The van der Waals surface area contributed by atoms with Gasteiger partial charge in [0.2, 0.25) is 0 Å². The molecule has 0 saturated carbocycles. The molecule has 0 spiro atoms. The van der Waals surface area contributed by atoms with Gasteiger partial charge in [0.1, 0.15) is 0 Å². The van der Waals surface area contributed by atoms with Crippen molar-refractivity contribution in [2.24, 2.45) is 0 Å². The maximum Gasteiger partial charge on any atom is 0.358 e. The van der Waals surface area contributed by atoms with Crippen LogP contribution in [0.5, 0.6) is 0 Å². The molecular weight excluding hydrogens is 335 g/mol. The fourth-order valence-electron chi connectivity index (χ4n) is 1.87. The molecule has 2 rings (SSSR count). The average molecular weight is 352 g/mol. The molecule has 0 amide bonds. The lowest BCUT2D eigenvalue weighted by Gasteiger charge is -2.11. The molecule has 5 nitrogen and oxygen atoms in total. The van der Waals surface area contributed by atoms with Gasteiger partial charge >= 0.3 is 13.6 Å². The minimum Gasteiger partial charge on any atom is -0.465 e. The molecular formula is C16H17O5PS. The second-order valence-electron chi connectivity index (χ2n) is 4.55. The van der Waals surface area contributed by atoms with Crippen LogP contribution in [0.2, 0.25) is 0 Å². The summed E-state index contributed by atoms with van der Waals surface area (Å²) in [6.45, 7) is 1.85. The van der Waals surface area contributed by atoms with Crippen molar-refractivity contribution >= 4 is 30.6 Å². The van der Waals surface area contributed by atoms with E-state index in [1.54, 1.807) is 43.3 Å². The summed E-state index contributed by atoms with van der Waals surface area (Å²) in [4.78, 5) is 23.0. The lowest BCUT2D eigenvalue weighted by molar-refractivity contribution is 0.0600. The van der Waals surface area contributed by atoms with E-state index in [1.807, 2.05) is 12.1 Å². The van der Waals surface area contributed by atoms with Crippen LogP contribution in [0.4, 0.5) is 0 Å². The third kappa shape index (κ3) is 4.69. The Labute approximate surface area is 139 Å². The van der Waals surface area contributed by atoms with Crippen LogP contribution in [0.3, 0.4) is 0 Å². The number of hydrogen-bond acceptors (Lipinski definition) is 5. The summed E-state index contributed by atoms with van der Waals surface area (Å²) < 4.78 is 21.4. The number of rotatable bonds is 6. The van der Waals surface area contributed by atoms with Crippen LogP contribution < -0.4 is 5.30 Å². The van der Waals surface area contributed by atoms with E-state index < -0.39 is 7.60 Å². The first kappa shape index (κ1) is 17.8. The van der Waals surface area contributed by atoms with Crippen LogP contribution in [0.15, 0.2) is 58.3 Å². The molecule has 1 unspecified atom stereocenters. The predicted molar refractivity (Wildman–Crippen MR) is 89.4 cm³/mol. The molecule has 0 aliphatic carbocycles. The molecule has 1 N–H and O–H groups in total. The largest absolute Gasteiger partial charge is 0.465 e. The molecule has 2 aromatic carbocycles. The van der Waals surface area contributed by atoms with Crippen molar-refractivity contribution in [1.82, 2.24) is 0 Å². The molecule has 0 bridgehead atoms. The highest BCUT2D eigenvalue weighted by molar-refractivity contribution is 7.99. The smallest absolute Gasteiger partial charge is 0.358 e. The fraction of sp³-hybridized carbons (Fsp3) is 0.188. The first-order valence-corrected chi connectivity index (χ1v) is 9.30. The molecule has 7 heteroatoms. The SMILES string of the molecule is CCOP(=O)(O)c1ccc(Sc2ccc(C(=O)OC)cc2)cc1. The maximum atomic E-state index is 11.9. The minimum atomic E-state index is -3.73. The van der Waals surface area contributed by atoms with Crippen LogP contribution in [0.25, 0.3) is 0 Å². The highest BCUT2D eigenvalue weighted by Crippen LogP contribution is 2.40. The highest BCUT2D eigenvalue weighted by Gasteiger charge is 2.21. The summed E-state index contributed by atoms with van der Waals surface area (Å²) >= 11 is 1.48. The molecule has 0 aliphatic rings. The summed E-state index contributed by atoms with van der Waals surface area (Å²) in [7, 11) is -2.39. The molecule has 23 heavy (non-hydrogen) atoms. The van der Waals surface area contributed by atoms with Crippen LogP contribution in [-0.4, -0.2) is 24.6 Å². The van der Waals surface area contributed by atoms with E-state index in [4.69, 9.17) is 4.52 Å². The molecule has 1 atom stereocenters. The molecule has 0 heterocycles. The lowest BCUT2D eigenvalue weighted by Crippen LogP contribution is -2.06. The molecule has 0 saturated heterocycles. The zero-order valence-electron chi connectivity index (χ0n) is 12.8. The minimum absolute atomic E-state index is 0.177. The summed E-state index contributed by atoms with van der Waals surface area (Å²) in [5.74, 6) is -0.375. The van der Waals surface area contributed by atoms with Crippen molar-refractivity contribution in [3.63, 3.8) is 0 Å². The van der Waals surface area contributed by atoms with E-state index in [2.05, 4.69) is 4.74 Å². The van der Waals surface area contributed by atoms with Crippen molar-refractivity contribution in [3.8, 4) is 0 Å². The van der Waals surface area contributed by atoms with Crippen molar-refractivity contribution < 1.29 is 23.5 Å². The Balaban J connectivity index is 2.09. The van der Waals surface area contributed by atoms with Gasteiger partial charge in [-0.2, -0.15) is 0 Å². The first-order valence-electron chi connectivity index (χ1n) is 6.90. The molecule has 0 fully saturated rings. The highest BCUT2D eigenvalue weighted by atomic mass is 32.2. The van der Waals surface area contributed by atoms with Crippen molar-refractivity contribution in [1.29, 1.82) is 0 Å². The van der Waals surface area contributed by atoms with E-state index in [9.17, 15) is 14.3 Å². The zero-order chi connectivity index (χ0) is 16.9. The molecule has 122 valence electrons. The number of benzene rings is 2. The van der Waals surface area contributed by atoms with Crippen LogP contribution >= 0.6 is 19.4 Å². The predicted octanol–water partition coefficient (Wildman–Crippen LogP) is 3.47. The Morgan fingerprint density at radius 1 is 1.09 bits per heavy atom. The number of ether oxygens (including phenoxy) is 1. The Morgan fingerprint density at radius 2 is 1.61 bits per heavy atom. The number of carbonyl (C=O) groups excluding carboxylic acids is 1. The standard InChI is InChI=1S/C16H17O5PS/c1-3-21-22(18,19)13-6-10-15(11-7-13)23-14-8-4-12(5-9-14)16(17)20-2/h4-11H,3H2,1-2H3,(H,18,19). The van der Waals surface area contributed by atoms with Crippen molar-refractivity contribution in [2.45, 2.75) is 16.7 Å². The third-order valence-electron chi connectivity index (χ3n) is 2.98. The first-order chi connectivity index (χ1) is 11.0. The van der Waals surface area contributed by atoms with Gasteiger partial charge in [-0.1, -0.05) is 11.8 Å². The van der Waals surface area contributed by atoms with Gasteiger partial charge in [0, 0.05) is 9.79 Å². The van der Waals surface area contributed by atoms with Gasteiger partial charge in [-0.3, -0.25) is 4.57 Å². The summed E-state index contributed by atoms with van der Waals surface area (Å²) in [5.41, 5.74) is 0.491. The monoisotopic (exact) mass is 352 g/mol. The van der Waals surface area contributed by atoms with Crippen LogP contribution in [0.1, 0.15) is 17.3 Å². The number of esters is 1. The number of hydrogen-bond donors (Lipinski definition) is 1. The summed E-state index contributed by atoms with van der Waals surface area (Å²) in [6.07, 6.45) is 0. The molecule has 0 aromatic heterocycles. The van der Waals surface area contributed by atoms with Crippen LogP contribution in [-0.2, 0) is 13.8 Å². The quantitative estimate of drug-likeness (QED) is 0.634. The normalized spacial score (nSPS) is 13.3. The Morgan fingerprint density at radius 3 is 2.09 bits per heavy atom. The van der Waals surface area contributed by atoms with Gasteiger partial charge in [-0.05, 0) is 55.5 Å². The van der Waals surface area contributed by atoms with Gasteiger partial charge in [0.05, 0.1) is 24.6 Å². The van der Waals surface area contributed by atoms with Crippen molar-refractivity contribution in [3.05, 3.63) is 54.1 Å². The lowest BCUT2D eigenvalue weighted by atomic mass is 10.2. The third-order valence-corrected chi connectivity index (χ3v) is 5.55. The second-order valence-corrected chi connectivity index (χ2v) is 7.51. The topological polar surface area (TPSA) is 72.8 Å². The molecule has 2 aromatic rings. The summed E-state index contributed by atoms with van der Waals surface area (Å²) in [5, 5.41) is 0.268. The average Bonchev–Trinajstić information content (AvgIpc) is 2.55. The van der Waals surface area contributed by atoms with E-state index in [1.165, 1.54) is 18.9 Å². The van der Waals surface area contributed by atoms with E-state index in [0.29, 0.717) is 5.56 Å². The van der Waals surface area contributed by atoms with Gasteiger partial charge in [0.15, 0.2) is 0 Å². The molecule has 0 aliphatic heterocycles. The van der Waals surface area contributed by atoms with Crippen LogP contribution in [0, 0.1) is 0 Å². The van der Waals surface area contributed by atoms with E-state index >= 15 is 0 Å². The Hall–Kier alpha value is -1.59. The second kappa shape index (κ2) is 7.79. The Kier molecular flexibility index (Phi) is 6.02. The molecule has 0 radical (unpaired) electrons.